The third kappa shape index (κ3) is 2.53. The summed E-state index contributed by atoms with van der Waals surface area (Å²) >= 11 is 0. The first-order chi connectivity index (χ1) is 9.36. The lowest BCUT2D eigenvalue weighted by Gasteiger charge is -2.28. The summed E-state index contributed by atoms with van der Waals surface area (Å²) in [6, 6.07) is 6.25. The number of nitrogens with zero attached hydrogens (tertiary/aromatic N) is 2. The predicted octanol–water partition coefficient (Wildman–Crippen LogP) is 1.32. The van der Waals surface area contributed by atoms with Crippen LogP contribution < -0.4 is 0 Å². The van der Waals surface area contributed by atoms with Gasteiger partial charge in [0.2, 0.25) is 0 Å². The van der Waals surface area contributed by atoms with Crippen molar-refractivity contribution in [3.63, 3.8) is 0 Å². The summed E-state index contributed by atoms with van der Waals surface area (Å²) in [7, 11) is -3.67. The number of hydrogen-bond donors (Lipinski definition) is 1. The summed E-state index contributed by atoms with van der Waals surface area (Å²) in [5.74, 6) is -0.595. The fraction of sp³-hybridized carbons (Fsp3) is 0.385. The Bertz CT molecular complexity index is 667. The van der Waals surface area contributed by atoms with E-state index in [9.17, 15) is 13.2 Å². The van der Waals surface area contributed by atoms with E-state index in [1.165, 1.54) is 6.07 Å². The molecule has 0 saturated heterocycles. The van der Waals surface area contributed by atoms with Gasteiger partial charge in [0.05, 0.1) is 6.42 Å². The highest BCUT2D eigenvalue weighted by Gasteiger charge is 2.33. The van der Waals surface area contributed by atoms with Crippen molar-refractivity contribution >= 4 is 21.8 Å². The molecule has 2 rings (SSSR count). The molecule has 1 aliphatic heterocycles. The molecule has 1 heterocycles. The first-order valence-corrected chi connectivity index (χ1v) is 7.73. The Kier molecular flexibility index (Phi) is 3.80. The standard InChI is InChI=1S/C13H16N2O4S/c1-3-15(9(2)8-12(16)17)13-10-6-4-5-7-11(10)20(18,19)14-13/h4-7,9H,3,8H2,1-2H3,(H,16,17). The molecule has 0 aliphatic carbocycles. The van der Waals surface area contributed by atoms with Gasteiger partial charge >= 0.3 is 5.97 Å². The SMILES string of the molecule is CCN(C1=NS(=O)(=O)c2ccccc21)C(C)CC(=O)O. The maximum absolute atomic E-state index is 12.0. The number of rotatable bonds is 4. The molecule has 1 atom stereocenters. The summed E-state index contributed by atoms with van der Waals surface area (Å²) in [6.07, 6.45) is -0.0743. The number of carboxylic acid groups (broad SMARTS) is 1. The van der Waals surface area contributed by atoms with Crippen LogP contribution in [0.3, 0.4) is 0 Å². The zero-order chi connectivity index (χ0) is 14.9. The molecule has 6 nitrogen and oxygen atoms in total. The van der Waals surface area contributed by atoms with E-state index in [-0.39, 0.29) is 17.4 Å². The summed E-state index contributed by atoms with van der Waals surface area (Å²) in [5, 5.41) is 8.88. The molecule has 0 amide bonds. The van der Waals surface area contributed by atoms with Crippen LogP contribution in [0.1, 0.15) is 25.8 Å². The summed E-state index contributed by atoms with van der Waals surface area (Å²) in [5.41, 5.74) is 0.534. The number of sulfonamides is 1. The van der Waals surface area contributed by atoms with Crippen LogP contribution in [0.15, 0.2) is 33.6 Å². The molecule has 1 aromatic rings. The average Bonchev–Trinajstić information content (AvgIpc) is 2.62. The highest BCUT2D eigenvalue weighted by atomic mass is 32.2. The van der Waals surface area contributed by atoms with Crippen molar-refractivity contribution in [2.45, 2.75) is 31.2 Å². The van der Waals surface area contributed by atoms with Crippen LogP contribution >= 0.6 is 0 Å². The molecule has 20 heavy (non-hydrogen) atoms. The summed E-state index contributed by atoms with van der Waals surface area (Å²) < 4.78 is 27.8. The van der Waals surface area contributed by atoms with Crippen LogP contribution in [-0.4, -0.2) is 42.8 Å². The fourth-order valence-electron chi connectivity index (χ4n) is 2.33. The number of fused-ring (bicyclic) bond motifs is 1. The molecule has 1 aromatic carbocycles. The number of aliphatic carboxylic acids is 1. The van der Waals surface area contributed by atoms with E-state index in [2.05, 4.69) is 4.40 Å². The van der Waals surface area contributed by atoms with Crippen LogP contribution in [0.25, 0.3) is 0 Å². The minimum atomic E-state index is -3.67. The van der Waals surface area contributed by atoms with Crippen LogP contribution in [0.4, 0.5) is 0 Å². The maximum atomic E-state index is 12.0. The van der Waals surface area contributed by atoms with Crippen molar-refractivity contribution in [1.29, 1.82) is 0 Å². The minimum Gasteiger partial charge on any atom is -0.481 e. The van der Waals surface area contributed by atoms with Crippen LogP contribution in [0.5, 0.6) is 0 Å². The third-order valence-electron chi connectivity index (χ3n) is 3.23. The molecule has 0 radical (unpaired) electrons. The molecule has 1 aliphatic rings. The van der Waals surface area contributed by atoms with Crippen molar-refractivity contribution in [2.75, 3.05) is 6.54 Å². The Morgan fingerprint density at radius 1 is 1.40 bits per heavy atom. The molecular formula is C13H16N2O4S. The Morgan fingerprint density at radius 3 is 2.65 bits per heavy atom. The lowest BCUT2D eigenvalue weighted by atomic mass is 10.1. The van der Waals surface area contributed by atoms with E-state index in [1.54, 1.807) is 30.0 Å². The van der Waals surface area contributed by atoms with E-state index in [0.717, 1.165) is 0 Å². The maximum Gasteiger partial charge on any atom is 0.305 e. The van der Waals surface area contributed by atoms with Gasteiger partial charge in [0.25, 0.3) is 10.0 Å². The van der Waals surface area contributed by atoms with Gasteiger partial charge in [0, 0.05) is 18.2 Å². The largest absolute Gasteiger partial charge is 0.481 e. The van der Waals surface area contributed by atoms with Gasteiger partial charge in [-0.15, -0.1) is 4.40 Å². The number of amidine groups is 1. The highest BCUT2D eigenvalue weighted by molar-refractivity contribution is 7.90. The Morgan fingerprint density at radius 2 is 2.05 bits per heavy atom. The number of carboxylic acids is 1. The second-order valence-electron chi connectivity index (χ2n) is 4.62. The third-order valence-corrected chi connectivity index (χ3v) is 4.55. The van der Waals surface area contributed by atoms with Gasteiger partial charge in [-0.3, -0.25) is 4.79 Å². The van der Waals surface area contributed by atoms with Crippen LogP contribution in [0.2, 0.25) is 0 Å². The molecule has 0 saturated carbocycles. The first-order valence-electron chi connectivity index (χ1n) is 6.29. The second-order valence-corrected chi connectivity index (χ2v) is 6.19. The van der Waals surface area contributed by atoms with E-state index in [1.807, 2.05) is 6.92 Å². The van der Waals surface area contributed by atoms with Gasteiger partial charge in [-0.2, -0.15) is 8.42 Å². The molecular weight excluding hydrogens is 280 g/mol. The number of benzene rings is 1. The molecule has 1 N–H and O–H groups in total. The summed E-state index contributed by atoms with van der Waals surface area (Å²) in [6.45, 7) is 4.07. The van der Waals surface area contributed by atoms with E-state index in [4.69, 9.17) is 5.11 Å². The second kappa shape index (κ2) is 5.24. The van der Waals surface area contributed by atoms with Gasteiger partial charge in [0.1, 0.15) is 4.90 Å². The fourth-order valence-corrected chi connectivity index (χ4v) is 3.55. The van der Waals surface area contributed by atoms with Crippen molar-refractivity contribution in [2.24, 2.45) is 4.40 Å². The van der Waals surface area contributed by atoms with E-state index >= 15 is 0 Å². The van der Waals surface area contributed by atoms with Crippen LogP contribution in [-0.2, 0) is 14.8 Å². The molecule has 0 bridgehead atoms. The van der Waals surface area contributed by atoms with E-state index in [0.29, 0.717) is 17.9 Å². The molecule has 0 spiro atoms. The normalized spacial score (nSPS) is 17.2. The van der Waals surface area contributed by atoms with Gasteiger partial charge in [-0.05, 0) is 26.0 Å². The molecule has 0 fully saturated rings. The van der Waals surface area contributed by atoms with Crippen LogP contribution in [0, 0.1) is 0 Å². The van der Waals surface area contributed by atoms with Crippen molar-refractivity contribution < 1.29 is 18.3 Å². The minimum absolute atomic E-state index is 0.0743. The van der Waals surface area contributed by atoms with E-state index < -0.39 is 16.0 Å². The molecule has 0 aromatic heterocycles. The highest BCUT2D eigenvalue weighted by Crippen LogP contribution is 2.28. The monoisotopic (exact) mass is 296 g/mol. The Balaban J connectivity index is 2.44. The summed E-state index contributed by atoms with van der Waals surface area (Å²) in [4.78, 5) is 12.7. The van der Waals surface area contributed by atoms with Crippen molar-refractivity contribution in [1.82, 2.24) is 4.90 Å². The number of hydrogen-bond acceptors (Lipinski definition) is 4. The van der Waals surface area contributed by atoms with Gasteiger partial charge < -0.3 is 10.0 Å². The Labute approximate surface area is 117 Å². The zero-order valence-corrected chi connectivity index (χ0v) is 12.1. The molecule has 7 heteroatoms. The molecule has 1 unspecified atom stereocenters. The lowest BCUT2D eigenvalue weighted by molar-refractivity contribution is -0.137. The van der Waals surface area contributed by atoms with Crippen molar-refractivity contribution in [3.05, 3.63) is 29.8 Å². The van der Waals surface area contributed by atoms with Gasteiger partial charge in [0.15, 0.2) is 5.84 Å². The predicted molar refractivity (Wildman–Crippen MR) is 74.3 cm³/mol. The zero-order valence-electron chi connectivity index (χ0n) is 11.3. The Hall–Kier alpha value is -1.89. The lowest BCUT2D eigenvalue weighted by Crippen LogP contribution is -2.39. The first kappa shape index (κ1) is 14.5. The quantitative estimate of drug-likeness (QED) is 0.905. The topological polar surface area (TPSA) is 87.0 Å². The van der Waals surface area contributed by atoms with Crippen molar-refractivity contribution in [3.8, 4) is 0 Å². The smallest absolute Gasteiger partial charge is 0.305 e. The average molecular weight is 296 g/mol. The van der Waals surface area contributed by atoms with Gasteiger partial charge in [-0.25, -0.2) is 0 Å². The molecule has 108 valence electrons. The number of carbonyl (C=O) groups is 1. The van der Waals surface area contributed by atoms with Gasteiger partial charge in [-0.1, -0.05) is 12.1 Å².